The van der Waals surface area contributed by atoms with Gasteiger partial charge >= 0.3 is 11.9 Å². The van der Waals surface area contributed by atoms with E-state index >= 15 is 0 Å². The summed E-state index contributed by atoms with van der Waals surface area (Å²) in [4.78, 5) is 18.0. The molecule has 3 aromatic heterocycles. The van der Waals surface area contributed by atoms with Crippen LogP contribution in [0.4, 0.5) is 13.2 Å². The van der Waals surface area contributed by atoms with Crippen molar-refractivity contribution in [1.29, 1.82) is 0 Å². The van der Waals surface area contributed by atoms with Gasteiger partial charge in [-0.25, -0.2) is 9.78 Å². The number of halogens is 3. The van der Waals surface area contributed by atoms with Crippen molar-refractivity contribution in [2.75, 3.05) is 13.2 Å². The van der Waals surface area contributed by atoms with E-state index < -0.39 is 17.2 Å². The molecule has 11 heteroatoms. The number of alkyl halides is 3. The highest BCUT2D eigenvalue weighted by Crippen LogP contribution is 2.42. The second kappa shape index (κ2) is 9.34. The molecular weight excluding hydrogens is 533 g/mol. The third-order valence-corrected chi connectivity index (χ3v) is 8.08. The largest absolute Gasteiger partial charge is 0.417 e. The maximum absolute atomic E-state index is 14.5. The fraction of sp³-hybridized carbons (Fsp3) is 0.433. The van der Waals surface area contributed by atoms with Gasteiger partial charge in [-0.05, 0) is 54.2 Å². The molecule has 6 rings (SSSR count). The van der Waals surface area contributed by atoms with Gasteiger partial charge in [0.25, 0.3) is 0 Å². The molecule has 0 bridgehead atoms. The third-order valence-electron chi connectivity index (χ3n) is 8.08. The number of ether oxygens (including phenoxy) is 1. The van der Waals surface area contributed by atoms with E-state index in [1.54, 1.807) is 36.5 Å². The molecule has 1 saturated heterocycles. The van der Waals surface area contributed by atoms with Crippen molar-refractivity contribution in [1.82, 2.24) is 28.5 Å². The molecule has 0 radical (unpaired) electrons. The summed E-state index contributed by atoms with van der Waals surface area (Å²) in [6, 6.07) is 6.62. The monoisotopic (exact) mass is 566 g/mol. The van der Waals surface area contributed by atoms with Crippen LogP contribution in [0.15, 0.2) is 41.5 Å². The summed E-state index contributed by atoms with van der Waals surface area (Å²) in [5.74, 6) is 0.775. The van der Waals surface area contributed by atoms with Gasteiger partial charge in [0.05, 0.1) is 33.8 Å². The first-order valence-electron chi connectivity index (χ1n) is 13.7. The number of imidazole rings is 2. The van der Waals surface area contributed by atoms with E-state index in [9.17, 15) is 18.0 Å². The third kappa shape index (κ3) is 4.46. The Balaban J connectivity index is 1.71. The van der Waals surface area contributed by atoms with Gasteiger partial charge in [0.1, 0.15) is 5.82 Å². The predicted octanol–water partition coefficient (Wildman–Crippen LogP) is 5.83. The minimum atomic E-state index is -4.60. The van der Waals surface area contributed by atoms with Crippen LogP contribution in [-0.4, -0.2) is 41.7 Å². The number of aromatic nitrogens is 6. The lowest BCUT2D eigenvalue weighted by Crippen LogP contribution is -2.20. The molecule has 0 unspecified atom stereocenters. The lowest BCUT2D eigenvalue weighted by molar-refractivity contribution is -0.137. The minimum Gasteiger partial charge on any atom is -0.381 e. The quantitative estimate of drug-likeness (QED) is 0.276. The Morgan fingerprint density at radius 1 is 0.951 bits per heavy atom. The number of benzene rings is 2. The second-order valence-corrected chi connectivity index (χ2v) is 12.0. The average Bonchev–Trinajstić information content (AvgIpc) is 3.58. The lowest BCUT2D eigenvalue weighted by atomic mass is 9.90. The lowest BCUT2D eigenvalue weighted by Gasteiger charge is -2.25. The van der Waals surface area contributed by atoms with Crippen LogP contribution in [0.2, 0.25) is 0 Å². The number of rotatable bonds is 3. The van der Waals surface area contributed by atoms with Crippen LogP contribution in [0.1, 0.15) is 56.5 Å². The molecule has 0 N–H and O–H groups in total. The summed E-state index contributed by atoms with van der Waals surface area (Å²) in [6.07, 6.45) is -0.00265. The Morgan fingerprint density at radius 2 is 1.66 bits per heavy atom. The van der Waals surface area contributed by atoms with Crippen molar-refractivity contribution in [3.63, 3.8) is 0 Å². The van der Waals surface area contributed by atoms with Crippen molar-refractivity contribution < 1.29 is 17.9 Å². The number of fused-ring (bicyclic) bond motifs is 2. The number of aryl methyl sites for hydroxylation is 3. The minimum absolute atomic E-state index is 0.0343. The Kier molecular flexibility index (Phi) is 6.22. The zero-order valence-corrected chi connectivity index (χ0v) is 24.0. The van der Waals surface area contributed by atoms with Gasteiger partial charge in [0.15, 0.2) is 0 Å². The second-order valence-electron chi connectivity index (χ2n) is 12.0. The van der Waals surface area contributed by atoms with Gasteiger partial charge in [0.2, 0.25) is 0 Å². The summed E-state index contributed by atoms with van der Waals surface area (Å²) in [6.45, 7) is 7.21. The van der Waals surface area contributed by atoms with Crippen molar-refractivity contribution in [3.05, 3.63) is 64.1 Å². The number of hydrogen-bond acceptors (Lipinski definition) is 4. The molecule has 4 heterocycles. The highest BCUT2D eigenvalue weighted by Gasteiger charge is 2.36. The molecule has 8 nitrogen and oxygen atoms in total. The zero-order chi connectivity index (χ0) is 29.4. The molecule has 5 aromatic rings. The first-order chi connectivity index (χ1) is 19.3. The van der Waals surface area contributed by atoms with Crippen LogP contribution in [0.3, 0.4) is 0 Å². The van der Waals surface area contributed by atoms with Gasteiger partial charge < -0.3 is 4.74 Å². The Hall–Kier alpha value is -3.86. The summed E-state index contributed by atoms with van der Waals surface area (Å²) in [7, 11) is 5.15. The van der Waals surface area contributed by atoms with Gasteiger partial charge in [-0.3, -0.25) is 18.4 Å². The van der Waals surface area contributed by atoms with Crippen molar-refractivity contribution in [3.8, 4) is 16.8 Å². The SMILES string of the molecule is Cn1cc(-c2cc3nc(C(C)(C)C)n(-c4cc(C5CCOCC5)c5c(c4)n(C)c(=O)n5C)c3cc2C(F)(F)F)cn1. The van der Waals surface area contributed by atoms with Crippen LogP contribution in [0.25, 0.3) is 38.9 Å². The van der Waals surface area contributed by atoms with Crippen LogP contribution < -0.4 is 5.69 Å². The molecule has 41 heavy (non-hydrogen) atoms. The van der Waals surface area contributed by atoms with E-state index in [1.165, 1.54) is 23.0 Å². The van der Waals surface area contributed by atoms with E-state index in [0.29, 0.717) is 41.3 Å². The summed E-state index contributed by atoms with van der Waals surface area (Å²) in [5.41, 5.74) is 3.04. The maximum atomic E-state index is 14.5. The molecule has 0 saturated carbocycles. The summed E-state index contributed by atoms with van der Waals surface area (Å²) >= 11 is 0. The van der Waals surface area contributed by atoms with Crippen molar-refractivity contribution >= 4 is 22.1 Å². The standard InChI is InChI=1S/C30H33F3N6O2/c1-29(2,3)27-35-23-13-20(18-15-34-36(4)16-18)22(30(31,32)33)14-24(23)39(27)19-11-21(17-7-9-41-10-8-17)26-25(12-19)37(5)28(40)38(26)6/h11-17H,7-10H2,1-6H3. The molecule has 1 fully saturated rings. The first-order valence-corrected chi connectivity index (χ1v) is 13.7. The fourth-order valence-corrected chi connectivity index (χ4v) is 6.04. The van der Waals surface area contributed by atoms with Crippen LogP contribution in [-0.2, 0) is 37.5 Å². The molecule has 1 aliphatic heterocycles. The van der Waals surface area contributed by atoms with Crippen molar-refractivity contribution in [2.45, 2.75) is 51.1 Å². The molecule has 1 aliphatic rings. The van der Waals surface area contributed by atoms with Gasteiger partial charge in [-0.1, -0.05) is 20.8 Å². The summed E-state index contributed by atoms with van der Waals surface area (Å²) < 4.78 is 55.8. The van der Waals surface area contributed by atoms with Crippen LogP contribution in [0.5, 0.6) is 0 Å². The highest BCUT2D eigenvalue weighted by molar-refractivity contribution is 5.89. The molecule has 216 valence electrons. The van der Waals surface area contributed by atoms with Gasteiger partial charge in [0, 0.05) is 57.2 Å². The molecule has 0 atom stereocenters. The molecule has 0 amide bonds. The van der Waals surface area contributed by atoms with Gasteiger partial charge in [-0.2, -0.15) is 18.3 Å². The normalized spacial score (nSPS) is 15.4. The van der Waals surface area contributed by atoms with Crippen molar-refractivity contribution in [2.24, 2.45) is 21.1 Å². The molecule has 2 aromatic carbocycles. The Morgan fingerprint density at radius 3 is 2.27 bits per heavy atom. The predicted molar refractivity (Wildman–Crippen MR) is 151 cm³/mol. The number of nitrogens with zero attached hydrogens (tertiary/aromatic N) is 6. The Labute approximate surface area is 235 Å². The van der Waals surface area contributed by atoms with Crippen LogP contribution in [0, 0.1) is 0 Å². The summed E-state index contributed by atoms with van der Waals surface area (Å²) in [5, 5.41) is 4.09. The van der Waals surface area contributed by atoms with E-state index in [4.69, 9.17) is 9.72 Å². The molecular formula is C30H33F3N6O2. The number of hydrogen-bond donors (Lipinski definition) is 0. The smallest absolute Gasteiger partial charge is 0.381 e. The highest BCUT2D eigenvalue weighted by atomic mass is 19.4. The van der Waals surface area contributed by atoms with Gasteiger partial charge in [-0.15, -0.1) is 0 Å². The molecule has 0 aliphatic carbocycles. The fourth-order valence-electron chi connectivity index (χ4n) is 6.04. The van der Waals surface area contributed by atoms with E-state index in [1.807, 2.05) is 37.5 Å². The molecule has 0 spiro atoms. The maximum Gasteiger partial charge on any atom is 0.417 e. The van der Waals surface area contributed by atoms with E-state index in [2.05, 4.69) is 5.10 Å². The zero-order valence-electron chi connectivity index (χ0n) is 24.0. The average molecular weight is 567 g/mol. The van der Waals surface area contributed by atoms with E-state index in [0.717, 1.165) is 29.4 Å². The topological polar surface area (TPSA) is 71.8 Å². The first kappa shape index (κ1) is 27.3. The van der Waals surface area contributed by atoms with E-state index in [-0.39, 0.29) is 17.2 Å². The van der Waals surface area contributed by atoms with Crippen LogP contribution >= 0.6 is 0 Å². The Bertz CT molecular complexity index is 1860.